The lowest BCUT2D eigenvalue weighted by Crippen LogP contribution is -2.32. The molecule has 1 aliphatic heterocycles. The number of hydrogen-bond donors (Lipinski definition) is 2. The number of fused-ring (bicyclic) bond motifs is 1. The van der Waals surface area contributed by atoms with Gasteiger partial charge in [-0.1, -0.05) is 50.2 Å². The van der Waals surface area contributed by atoms with Crippen molar-refractivity contribution in [2.45, 2.75) is 51.6 Å². The largest absolute Gasteiger partial charge is 0.487 e. The number of ether oxygens (including phenoxy) is 2. The van der Waals surface area contributed by atoms with Gasteiger partial charge in [0.15, 0.2) is 0 Å². The molecule has 2 aromatic carbocycles. The van der Waals surface area contributed by atoms with E-state index in [0.717, 1.165) is 29.7 Å². The topological polar surface area (TPSA) is 67.8 Å². The molecule has 0 saturated carbocycles. The summed E-state index contributed by atoms with van der Waals surface area (Å²) in [7, 11) is 0. The van der Waals surface area contributed by atoms with Crippen LogP contribution in [0.1, 0.15) is 48.9 Å². The summed E-state index contributed by atoms with van der Waals surface area (Å²) in [5.41, 5.74) is 4.50. The van der Waals surface area contributed by atoms with Crippen molar-refractivity contribution in [2.24, 2.45) is 0 Å². The first-order valence-corrected chi connectivity index (χ1v) is 10.7. The number of aliphatic hydroxyl groups is 1. The molecule has 0 saturated heterocycles. The number of hydrogen-bond acceptors (Lipinski definition) is 4. The van der Waals surface area contributed by atoms with Crippen LogP contribution in [0.2, 0.25) is 0 Å². The normalized spacial score (nSPS) is 17.6. The Morgan fingerprint density at radius 1 is 1.17 bits per heavy atom. The average molecular weight is 412 g/mol. The van der Waals surface area contributed by atoms with Gasteiger partial charge >= 0.3 is 0 Å². The van der Waals surface area contributed by atoms with Gasteiger partial charge < -0.3 is 19.9 Å². The lowest BCUT2D eigenvalue weighted by atomic mass is 9.90. The van der Waals surface area contributed by atoms with E-state index < -0.39 is 0 Å². The maximum atomic E-state index is 12.1. The number of nitrogens with one attached hydrogen (secondary N) is 1. The Hall–Kier alpha value is -2.37. The minimum Gasteiger partial charge on any atom is -0.487 e. The lowest BCUT2D eigenvalue weighted by molar-refractivity contribution is -0.120. The maximum Gasteiger partial charge on any atom is 0.224 e. The molecule has 1 atom stereocenters. The van der Waals surface area contributed by atoms with Crippen molar-refractivity contribution in [3.05, 3.63) is 64.7 Å². The van der Waals surface area contributed by atoms with E-state index in [-0.39, 0.29) is 18.1 Å². The molecule has 0 fully saturated rings. The number of carbonyl (C=O) groups is 1. The van der Waals surface area contributed by atoms with Gasteiger partial charge in [0.05, 0.1) is 26.2 Å². The van der Waals surface area contributed by atoms with E-state index in [1.807, 2.05) is 12.1 Å². The van der Waals surface area contributed by atoms with Gasteiger partial charge in [0.25, 0.3) is 0 Å². The summed E-state index contributed by atoms with van der Waals surface area (Å²) in [6.07, 6.45) is 2.02. The molecule has 1 amide bonds. The zero-order valence-electron chi connectivity index (χ0n) is 18.2. The Labute approximate surface area is 179 Å². The third kappa shape index (κ3) is 6.07. The van der Waals surface area contributed by atoms with E-state index in [4.69, 9.17) is 14.6 Å². The molecule has 0 aromatic heterocycles. The Balaban J connectivity index is 1.55. The molecule has 0 bridgehead atoms. The van der Waals surface area contributed by atoms with Crippen LogP contribution < -0.4 is 10.1 Å². The van der Waals surface area contributed by atoms with Crippen molar-refractivity contribution in [3.63, 3.8) is 0 Å². The Morgan fingerprint density at radius 3 is 2.60 bits per heavy atom. The zero-order valence-corrected chi connectivity index (χ0v) is 18.2. The van der Waals surface area contributed by atoms with E-state index in [0.29, 0.717) is 32.1 Å². The number of carbonyl (C=O) groups excluding carboxylic acids is 1. The fourth-order valence-corrected chi connectivity index (χ4v) is 3.91. The van der Waals surface area contributed by atoms with Gasteiger partial charge in [0.2, 0.25) is 5.91 Å². The highest BCUT2D eigenvalue weighted by Gasteiger charge is 2.35. The van der Waals surface area contributed by atoms with Gasteiger partial charge in [-0.25, -0.2) is 0 Å². The molecule has 1 aliphatic rings. The first-order valence-electron chi connectivity index (χ1n) is 10.7. The van der Waals surface area contributed by atoms with Crippen LogP contribution in [-0.2, 0) is 28.8 Å². The van der Waals surface area contributed by atoms with Gasteiger partial charge in [-0.15, -0.1) is 0 Å². The van der Waals surface area contributed by atoms with Crippen LogP contribution in [0.4, 0.5) is 0 Å². The van der Waals surface area contributed by atoms with Gasteiger partial charge in [-0.2, -0.15) is 0 Å². The molecule has 5 heteroatoms. The first-order chi connectivity index (χ1) is 14.4. The van der Waals surface area contributed by atoms with Crippen LogP contribution in [0.5, 0.6) is 5.75 Å². The van der Waals surface area contributed by atoms with Crippen molar-refractivity contribution in [1.82, 2.24) is 5.32 Å². The molecular weight excluding hydrogens is 378 g/mol. The molecule has 0 aliphatic carbocycles. The predicted molar refractivity (Wildman–Crippen MR) is 118 cm³/mol. The number of benzene rings is 2. The summed E-state index contributed by atoms with van der Waals surface area (Å²) in [6.45, 7) is 7.70. The Kier molecular flexibility index (Phi) is 7.51. The SMILES string of the molecule is CC(C)c1ccc(CC2(C)Cc3cc(CC(=O)NCCOCCO)ccc3O2)cc1. The number of aliphatic hydroxyl groups excluding tert-OH is 1. The average Bonchev–Trinajstić information content (AvgIpc) is 3.03. The van der Waals surface area contributed by atoms with Gasteiger partial charge in [0, 0.05) is 19.4 Å². The predicted octanol–water partition coefficient (Wildman–Crippen LogP) is 3.41. The minimum absolute atomic E-state index is 0.00663. The van der Waals surface area contributed by atoms with Crippen LogP contribution in [-0.4, -0.2) is 43.0 Å². The van der Waals surface area contributed by atoms with Crippen molar-refractivity contribution in [1.29, 1.82) is 0 Å². The van der Waals surface area contributed by atoms with Crippen molar-refractivity contribution >= 4 is 5.91 Å². The van der Waals surface area contributed by atoms with Gasteiger partial charge in [-0.05, 0) is 41.2 Å². The first kappa shape index (κ1) is 22.3. The molecule has 1 unspecified atom stereocenters. The summed E-state index contributed by atoms with van der Waals surface area (Å²) in [5.74, 6) is 1.41. The smallest absolute Gasteiger partial charge is 0.224 e. The third-order valence-electron chi connectivity index (χ3n) is 5.44. The van der Waals surface area contributed by atoms with Gasteiger partial charge in [-0.3, -0.25) is 4.79 Å². The van der Waals surface area contributed by atoms with E-state index in [1.165, 1.54) is 11.1 Å². The molecular formula is C25H33NO4. The fourth-order valence-electron chi connectivity index (χ4n) is 3.91. The molecule has 1 heterocycles. The second-order valence-electron chi connectivity index (χ2n) is 8.61. The molecule has 2 N–H and O–H groups in total. The summed E-state index contributed by atoms with van der Waals surface area (Å²) >= 11 is 0. The zero-order chi connectivity index (χ0) is 21.6. The standard InChI is InChI=1S/C25H33NO4/c1-18(2)21-7-4-19(5-8-21)16-25(3)17-22-14-20(6-9-23(22)30-25)15-24(28)26-10-12-29-13-11-27/h4-9,14,18,27H,10-13,15-17H2,1-3H3,(H,26,28). The number of amides is 1. The second-order valence-corrected chi connectivity index (χ2v) is 8.61. The highest BCUT2D eigenvalue weighted by Crippen LogP contribution is 2.37. The summed E-state index contributed by atoms with van der Waals surface area (Å²) < 4.78 is 11.5. The summed E-state index contributed by atoms with van der Waals surface area (Å²) in [5, 5.41) is 11.5. The Bertz CT molecular complexity index is 847. The number of rotatable bonds is 10. The maximum absolute atomic E-state index is 12.1. The molecule has 3 rings (SSSR count). The third-order valence-corrected chi connectivity index (χ3v) is 5.44. The van der Waals surface area contributed by atoms with Crippen LogP contribution >= 0.6 is 0 Å². The van der Waals surface area contributed by atoms with Crippen LogP contribution in [0.25, 0.3) is 0 Å². The van der Waals surface area contributed by atoms with E-state index in [9.17, 15) is 4.79 Å². The fraction of sp³-hybridized carbons (Fsp3) is 0.480. The van der Waals surface area contributed by atoms with E-state index >= 15 is 0 Å². The van der Waals surface area contributed by atoms with Crippen LogP contribution in [0.3, 0.4) is 0 Å². The molecule has 5 nitrogen and oxygen atoms in total. The summed E-state index contributed by atoms with van der Waals surface area (Å²) in [6, 6.07) is 14.8. The van der Waals surface area contributed by atoms with Crippen molar-refractivity contribution < 1.29 is 19.4 Å². The highest BCUT2D eigenvalue weighted by molar-refractivity contribution is 5.78. The van der Waals surface area contributed by atoms with E-state index in [2.05, 4.69) is 56.4 Å². The molecule has 2 aromatic rings. The molecule has 30 heavy (non-hydrogen) atoms. The second kappa shape index (κ2) is 10.1. The highest BCUT2D eigenvalue weighted by atomic mass is 16.5. The van der Waals surface area contributed by atoms with E-state index in [1.54, 1.807) is 0 Å². The van der Waals surface area contributed by atoms with Crippen molar-refractivity contribution in [2.75, 3.05) is 26.4 Å². The van der Waals surface area contributed by atoms with Crippen LogP contribution in [0.15, 0.2) is 42.5 Å². The molecule has 0 radical (unpaired) electrons. The quantitative estimate of drug-likeness (QED) is 0.588. The minimum atomic E-state index is -0.271. The lowest BCUT2D eigenvalue weighted by Gasteiger charge is -2.24. The van der Waals surface area contributed by atoms with Crippen LogP contribution in [0, 0.1) is 0 Å². The monoisotopic (exact) mass is 411 g/mol. The van der Waals surface area contributed by atoms with Gasteiger partial charge in [0.1, 0.15) is 11.4 Å². The summed E-state index contributed by atoms with van der Waals surface area (Å²) in [4.78, 5) is 12.1. The molecule has 162 valence electrons. The van der Waals surface area contributed by atoms with Crippen molar-refractivity contribution in [3.8, 4) is 5.75 Å². The molecule has 0 spiro atoms. The Morgan fingerprint density at radius 2 is 1.90 bits per heavy atom.